The molecule has 2 aliphatic heterocycles. The molecule has 6 amide bonds. The molecule has 0 radical (unpaired) electrons. The van der Waals surface area contributed by atoms with E-state index in [2.05, 4.69) is 26.6 Å². The molecule has 18 nitrogen and oxygen atoms in total. The predicted molar refractivity (Wildman–Crippen MR) is 289 cm³/mol. The van der Waals surface area contributed by atoms with Crippen molar-refractivity contribution in [3.05, 3.63) is 125 Å². The van der Waals surface area contributed by atoms with Crippen molar-refractivity contribution in [2.24, 2.45) is 22.7 Å². The Morgan fingerprint density at radius 1 is 0.800 bits per heavy atom. The average molecular weight is 1100 g/mol. The van der Waals surface area contributed by atoms with Gasteiger partial charge in [0.2, 0.25) is 35.4 Å². The number of ether oxygens (including phenoxy) is 3. The second-order valence-corrected chi connectivity index (χ2v) is 22.0. The van der Waals surface area contributed by atoms with Crippen LogP contribution in [0.1, 0.15) is 88.0 Å². The Kier molecular flexibility index (Phi) is 17.1. The summed E-state index contributed by atoms with van der Waals surface area (Å²) < 4.78 is 52.6. The van der Waals surface area contributed by atoms with Gasteiger partial charge in [0.05, 0.1) is 44.1 Å². The van der Waals surface area contributed by atoms with Crippen molar-refractivity contribution in [3.63, 3.8) is 0 Å². The number of amides is 6. The zero-order valence-electron chi connectivity index (χ0n) is 45.0. The van der Waals surface area contributed by atoms with Gasteiger partial charge < -0.3 is 50.8 Å². The van der Waals surface area contributed by atoms with Crippen molar-refractivity contribution in [3.8, 4) is 0 Å². The first kappa shape index (κ1) is 57.4. The van der Waals surface area contributed by atoms with Gasteiger partial charge in [-0.15, -0.1) is 0 Å². The van der Waals surface area contributed by atoms with E-state index in [0.717, 1.165) is 22.8 Å². The Bertz CT molecular complexity index is 3010. The van der Waals surface area contributed by atoms with E-state index in [1.54, 1.807) is 42.2 Å². The molecule has 3 saturated carbocycles. The van der Waals surface area contributed by atoms with Gasteiger partial charge in [0, 0.05) is 36.0 Å². The summed E-state index contributed by atoms with van der Waals surface area (Å²) in [5, 5.41) is 24.4. The van der Waals surface area contributed by atoms with Gasteiger partial charge in [-0.25, -0.2) is 8.78 Å². The molecule has 0 aromatic heterocycles. The maximum Gasteiger partial charge on any atom is 0.243 e. The van der Waals surface area contributed by atoms with Crippen molar-refractivity contribution in [2.45, 2.75) is 121 Å². The van der Waals surface area contributed by atoms with E-state index in [0.29, 0.717) is 30.6 Å². The fourth-order valence-electron chi connectivity index (χ4n) is 13.2. The van der Waals surface area contributed by atoms with E-state index in [-0.39, 0.29) is 50.0 Å². The highest BCUT2D eigenvalue weighted by molar-refractivity contribution is 6.02. The van der Waals surface area contributed by atoms with Crippen LogP contribution in [0.3, 0.4) is 0 Å². The number of fused-ring (bicyclic) bond motifs is 9. The number of hydrogen-bond acceptors (Lipinski definition) is 12. The highest BCUT2D eigenvalue weighted by Gasteiger charge is 2.80. The molecule has 20 heteroatoms. The third-order valence-electron chi connectivity index (χ3n) is 17.1. The number of hydrogen-bond donors (Lipinski definition) is 6. The lowest BCUT2D eigenvalue weighted by Crippen LogP contribution is -2.71. The highest BCUT2D eigenvalue weighted by atomic mass is 19.1. The van der Waals surface area contributed by atoms with Crippen molar-refractivity contribution in [2.75, 3.05) is 37.9 Å². The molecule has 1 saturated heterocycles. The minimum absolute atomic E-state index is 0.0145. The van der Waals surface area contributed by atoms with Gasteiger partial charge in [-0.05, 0) is 84.6 Å². The van der Waals surface area contributed by atoms with Crippen molar-refractivity contribution >= 4 is 64.8 Å². The molecule has 3 aromatic rings. The summed E-state index contributed by atoms with van der Waals surface area (Å²) >= 11 is 0. The minimum Gasteiger partial charge on any atom is -0.390 e. The Hall–Kier alpha value is -7.26. The Balaban J connectivity index is 0.740. The summed E-state index contributed by atoms with van der Waals surface area (Å²) in [7, 11) is 0. The molecule has 3 aromatic carbocycles. The third kappa shape index (κ3) is 11.1. The summed E-state index contributed by atoms with van der Waals surface area (Å²) in [4.78, 5) is 107. The van der Waals surface area contributed by atoms with Crippen LogP contribution in [0.25, 0.3) is 12.2 Å². The Morgan fingerprint density at radius 3 is 2.25 bits per heavy atom. The molecule has 424 valence electrons. The molecule has 80 heavy (non-hydrogen) atoms. The van der Waals surface area contributed by atoms with E-state index < -0.39 is 139 Å². The summed E-state index contributed by atoms with van der Waals surface area (Å²) in [6.07, 6.45) is 2.99. The molecule has 0 spiro atoms. The smallest absolute Gasteiger partial charge is 0.243 e. The van der Waals surface area contributed by atoms with Crippen LogP contribution >= 0.6 is 0 Å². The number of para-hydroxylation sites is 1. The van der Waals surface area contributed by atoms with Crippen molar-refractivity contribution in [1.29, 1.82) is 0 Å². The zero-order chi connectivity index (χ0) is 57.0. The van der Waals surface area contributed by atoms with Gasteiger partial charge in [0.1, 0.15) is 25.6 Å². The number of nitrogens with one attached hydrogen (secondary N) is 5. The summed E-state index contributed by atoms with van der Waals surface area (Å²) in [6, 6.07) is 22.8. The zero-order valence-corrected chi connectivity index (χ0v) is 45.0. The first-order valence-electron chi connectivity index (χ1n) is 27.3. The monoisotopic (exact) mass is 1100 g/mol. The molecule has 11 atom stereocenters. The normalized spacial score (nSPS) is 29.5. The number of aliphatic hydroxyl groups is 1. The number of anilines is 1. The average Bonchev–Trinajstić information content (AvgIpc) is 4.14. The van der Waals surface area contributed by atoms with E-state index in [4.69, 9.17) is 14.2 Å². The van der Waals surface area contributed by atoms with Crippen LogP contribution in [0, 0.1) is 22.7 Å². The number of aliphatic hydroxyl groups excluding tert-OH is 1. The van der Waals surface area contributed by atoms with Crippen LogP contribution in [0.5, 0.6) is 0 Å². The molecule has 4 fully saturated rings. The molecule has 6 aliphatic rings. The maximum atomic E-state index is 17.9. The quantitative estimate of drug-likeness (QED) is 0.0680. The predicted octanol–water partition coefficient (Wildman–Crippen LogP) is 4.43. The number of nitrogens with zero attached hydrogens (tertiary/aromatic N) is 1. The van der Waals surface area contributed by atoms with E-state index in [1.807, 2.05) is 67.6 Å². The number of carbonyl (C=O) groups is 8. The van der Waals surface area contributed by atoms with E-state index >= 15 is 8.78 Å². The van der Waals surface area contributed by atoms with Crippen molar-refractivity contribution < 1.29 is 66.5 Å². The Labute approximate surface area is 462 Å². The standard InChI is InChI=1S/C60H68F2N6O12/c1-4-12-55-79-49-28-41-42-27-44(61)43-26-40(69)23-24-57(43,2)59(42,62)47(70)29-58(41,3)60(49,80-55)48(71)34-78-35-66-52(74)31-65-56(77)45(25-36-13-6-5-7-14-36)67-53(75)32-64-51(73)30-63-50(72)21-22-54(76)68-33-39-17-9-8-15-37(39)19-20-38-16-10-11-18-46(38)68/h5-11,13-20,23-24,26,41-42,44-45,47,49,55,70H,4,12,21-22,25,27-35H2,1-3H3,(H,63,72)(H,64,73)(H,65,77)(H,66,74)(H,67,75)/b20-19-/t41?,42-,44-,45-,47-,49+,55?,57-,58-,59-,60+/m0/s1. The second kappa shape index (κ2) is 23.8. The molecule has 2 heterocycles. The van der Waals surface area contributed by atoms with Crippen LogP contribution < -0.4 is 31.5 Å². The number of carbonyl (C=O) groups excluding carboxylic acids is 8. The lowest BCUT2D eigenvalue weighted by atomic mass is 9.44. The van der Waals surface area contributed by atoms with Crippen molar-refractivity contribution in [1.82, 2.24) is 26.6 Å². The van der Waals surface area contributed by atoms with Crippen LogP contribution in [0.4, 0.5) is 14.5 Å². The van der Waals surface area contributed by atoms with Crippen LogP contribution in [0.15, 0.2) is 103 Å². The summed E-state index contributed by atoms with van der Waals surface area (Å²) in [6.45, 7) is 2.81. The number of rotatable bonds is 20. The first-order valence-corrected chi connectivity index (χ1v) is 27.3. The minimum atomic E-state index is -2.38. The Morgan fingerprint density at radius 2 is 1.48 bits per heavy atom. The number of alkyl halides is 2. The SMILES string of the molecule is CCCC1O[C@@H]2CC3[C@@H]4C[C@H](F)C5=CC(=O)C=C[C@]5(C)[C@@]4(F)[C@@H](O)C[C@]3(C)[C@]2(C(=O)COCNC(=O)CNC(=O)[C@H](Cc2ccccc2)NC(=O)CNC(=O)CNC(=O)CCC(=O)N2Cc3ccccc3/C=C\c3ccccc32)O1. The molecule has 6 N–H and O–H groups in total. The number of allylic oxidation sites excluding steroid dienone is 4. The first-order chi connectivity index (χ1) is 38.3. The fourth-order valence-corrected chi connectivity index (χ4v) is 13.2. The second-order valence-electron chi connectivity index (χ2n) is 22.0. The molecular weight excluding hydrogens is 1030 g/mol. The van der Waals surface area contributed by atoms with E-state index in [1.165, 1.54) is 19.1 Å². The van der Waals surface area contributed by atoms with Crippen LogP contribution in [-0.4, -0.2) is 127 Å². The van der Waals surface area contributed by atoms with Gasteiger partial charge in [-0.1, -0.05) is 111 Å². The van der Waals surface area contributed by atoms with Gasteiger partial charge in [0.25, 0.3) is 0 Å². The van der Waals surface area contributed by atoms with Crippen LogP contribution in [0.2, 0.25) is 0 Å². The largest absolute Gasteiger partial charge is 0.390 e. The lowest BCUT2D eigenvalue weighted by Gasteiger charge is -2.63. The van der Waals surface area contributed by atoms with Crippen LogP contribution in [-0.2, 0) is 65.5 Å². The summed E-state index contributed by atoms with van der Waals surface area (Å²) in [5.41, 5.74) is -2.81. The number of Topliss-reactive ketones (excluding diaryl/α,β-unsaturated/α-hetero) is 1. The topological polar surface area (TPSA) is 248 Å². The van der Waals surface area contributed by atoms with Gasteiger partial charge in [-0.3, -0.25) is 38.4 Å². The van der Waals surface area contributed by atoms with Gasteiger partial charge in [-0.2, -0.15) is 0 Å². The van der Waals surface area contributed by atoms with Gasteiger partial charge in [0.15, 0.2) is 29.1 Å². The number of benzene rings is 3. The fraction of sp³-hybridized carbons (Fsp3) is 0.467. The molecule has 9 rings (SSSR count). The molecular formula is C60H68F2N6O12. The van der Waals surface area contributed by atoms with Gasteiger partial charge >= 0.3 is 0 Å². The molecule has 4 aliphatic carbocycles. The summed E-state index contributed by atoms with van der Waals surface area (Å²) in [5.74, 6) is -6.47. The molecule has 2 unspecified atom stereocenters. The molecule has 0 bridgehead atoms. The maximum absolute atomic E-state index is 17.9. The third-order valence-corrected chi connectivity index (χ3v) is 17.1. The number of ketones is 2. The number of halogens is 2. The highest BCUT2D eigenvalue weighted by Crippen LogP contribution is 2.72. The van der Waals surface area contributed by atoms with E-state index in [9.17, 15) is 43.5 Å². The lowest BCUT2D eigenvalue weighted by molar-refractivity contribution is -0.235.